The summed E-state index contributed by atoms with van der Waals surface area (Å²) in [7, 11) is 0. The molecule has 1 amide bonds. The molecule has 0 fully saturated rings. The van der Waals surface area contributed by atoms with E-state index in [1.165, 1.54) is 6.20 Å². The molecule has 27 heavy (non-hydrogen) atoms. The number of hydrogen-bond donors (Lipinski definition) is 0. The van der Waals surface area contributed by atoms with E-state index in [1.54, 1.807) is 21.9 Å². The molecule has 0 atom stereocenters. The maximum atomic E-state index is 13.2. The molecule has 1 aromatic carbocycles. The highest BCUT2D eigenvalue weighted by Crippen LogP contribution is 2.23. The molecule has 2 heterocycles. The number of para-hydroxylation sites is 1. The normalized spacial score (nSPS) is 14.1. The number of carbonyl (C=O) groups excluding carboxylic acids is 1. The smallest absolute Gasteiger partial charge is 0.248 e. The Morgan fingerprint density at radius 3 is 2.85 bits per heavy atom. The first-order valence-corrected chi connectivity index (χ1v) is 9.19. The molecule has 0 bridgehead atoms. The maximum Gasteiger partial charge on any atom is 0.248 e. The summed E-state index contributed by atoms with van der Waals surface area (Å²) in [6.45, 7) is 0.467. The van der Waals surface area contributed by atoms with Crippen molar-refractivity contribution in [3.8, 4) is 0 Å². The number of furan rings is 1. The summed E-state index contributed by atoms with van der Waals surface area (Å²) >= 11 is 0. The van der Waals surface area contributed by atoms with Gasteiger partial charge < -0.3 is 9.32 Å². The van der Waals surface area contributed by atoms with E-state index in [9.17, 15) is 9.59 Å². The number of carbonyl (C=O) groups is 1. The second-order valence-corrected chi connectivity index (χ2v) is 6.68. The van der Waals surface area contributed by atoms with E-state index >= 15 is 0 Å². The van der Waals surface area contributed by atoms with E-state index in [0.717, 1.165) is 37.1 Å². The molecule has 0 unspecified atom stereocenters. The van der Waals surface area contributed by atoms with E-state index < -0.39 is 0 Å². The highest BCUT2D eigenvalue weighted by Gasteiger charge is 2.22. The topological polar surface area (TPSA) is 68.3 Å². The molecule has 138 valence electrons. The Kier molecular flexibility index (Phi) is 4.87. The molecule has 0 saturated carbocycles. The molecule has 3 aromatic rings. The van der Waals surface area contributed by atoms with Gasteiger partial charge in [-0.05, 0) is 49.9 Å². The molecule has 1 aliphatic rings. The van der Waals surface area contributed by atoms with Gasteiger partial charge in [0, 0.05) is 11.1 Å². The van der Waals surface area contributed by atoms with Crippen molar-refractivity contribution in [3.05, 3.63) is 76.6 Å². The molecule has 4 rings (SSSR count). The Morgan fingerprint density at radius 2 is 2.07 bits per heavy atom. The van der Waals surface area contributed by atoms with Crippen LogP contribution in [-0.2, 0) is 17.9 Å². The lowest BCUT2D eigenvalue weighted by molar-refractivity contribution is -0.131. The van der Waals surface area contributed by atoms with Crippen LogP contribution in [0.15, 0.2) is 69.8 Å². The van der Waals surface area contributed by atoms with Gasteiger partial charge in [-0.25, -0.2) is 0 Å². The largest absolute Gasteiger partial charge is 0.467 e. The molecule has 0 spiro atoms. The van der Waals surface area contributed by atoms with E-state index in [1.807, 2.05) is 30.3 Å². The van der Waals surface area contributed by atoms with Gasteiger partial charge in [-0.1, -0.05) is 18.2 Å². The lowest BCUT2D eigenvalue weighted by Gasteiger charge is -2.27. The van der Waals surface area contributed by atoms with Crippen LogP contribution < -0.4 is 5.43 Å². The van der Waals surface area contributed by atoms with Crippen LogP contribution in [0.3, 0.4) is 0 Å². The van der Waals surface area contributed by atoms with Gasteiger partial charge in [-0.15, -0.1) is 0 Å². The van der Waals surface area contributed by atoms with Gasteiger partial charge in [0.1, 0.15) is 12.3 Å². The predicted octanol–water partition coefficient (Wildman–Crippen LogP) is 3.48. The molecule has 6 nitrogen and oxygen atoms in total. The lowest BCUT2D eigenvalue weighted by atomic mass is 10.0. The van der Waals surface area contributed by atoms with Gasteiger partial charge in [0.2, 0.25) is 11.3 Å². The molecule has 0 radical (unpaired) electrons. The van der Waals surface area contributed by atoms with Crippen LogP contribution in [0.1, 0.15) is 31.4 Å². The molecule has 1 aliphatic carbocycles. The summed E-state index contributed by atoms with van der Waals surface area (Å²) in [6.07, 6.45) is 9.12. The minimum absolute atomic E-state index is 0.0683. The van der Waals surface area contributed by atoms with Crippen molar-refractivity contribution in [1.29, 1.82) is 0 Å². The molecule has 2 aromatic heterocycles. The van der Waals surface area contributed by atoms with Gasteiger partial charge in [-0.3, -0.25) is 14.3 Å². The molecule has 6 heteroatoms. The fraction of sp³-hybridized carbons (Fsp3) is 0.286. The van der Waals surface area contributed by atoms with Crippen LogP contribution in [0.4, 0.5) is 0 Å². The summed E-state index contributed by atoms with van der Waals surface area (Å²) in [5.74, 6) is 0.674. The average molecular weight is 363 g/mol. The monoisotopic (exact) mass is 363 g/mol. The maximum absolute atomic E-state index is 13.2. The highest BCUT2D eigenvalue weighted by molar-refractivity contribution is 5.82. The third-order valence-corrected chi connectivity index (χ3v) is 4.86. The summed E-state index contributed by atoms with van der Waals surface area (Å²) in [5, 5.41) is 4.75. The van der Waals surface area contributed by atoms with Gasteiger partial charge in [-0.2, -0.15) is 5.10 Å². The molecule has 0 N–H and O–H groups in total. The third kappa shape index (κ3) is 3.69. The number of amides is 1. The minimum Gasteiger partial charge on any atom is -0.467 e. The number of hydrogen-bond acceptors (Lipinski definition) is 4. The van der Waals surface area contributed by atoms with E-state index in [-0.39, 0.29) is 17.9 Å². The Bertz CT molecular complexity index is 1030. The zero-order chi connectivity index (χ0) is 18.6. The van der Waals surface area contributed by atoms with Crippen molar-refractivity contribution in [2.45, 2.75) is 38.8 Å². The number of rotatable bonds is 5. The molecule has 0 saturated heterocycles. The van der Waals surface area contributed by atoms with E-state index in [4.69, 9.17) is 4.42 Å². The number of nitrogens with zero attached hydrogens (tertiary/aromatic N) is 3. The van der Waals surface area contributed by atoms with Gasteiger partial charge in [0.05, 0.1) is 24.5 Å². The quantitative estimate of drug-likeness (QED) is 0.696. The van der Waals surface area contributed by atoms with Crippen LogP contribution in [0, 0.1) is 0 Å². The Balaban J connectivity index is 1.65. The van der Waals surface area contributed by atoms with Crippen LogP contribution >= 0.6 is 0 Å². The fourth-order valence-corrected chi connectivity index (χ4v) is 3.48. The van der Waals surface area contributed by atoms with Crippen molar-refractivity contribution >= 4 is 16.8 Å². The van der Waals surface area contributed by atoms with Crippen molar-refractivity contribution in [2.24, 2.45) is 0 Å². The zero-order valence-electron chi connectivity index (χ0n) is 15.0. The number of aromatic nitrogens is 2. The summed E-state index contributed by atoms with van der Waals surface area (Å²) in [5.41, 5.74) is 1.55. The first-order chi connectivity index (χ1) is 13.2. The van der Waals surface area contributed by atoms with Crippen LogP contribution in [0.25, 0.3) is 10.9 Å². The minimum atomic E-state index is -0.142. The van der Waals surface area contributed by atoms with Crippen molar-refractivity contribution in [2.75, 3.05) is 0 Å². The second kappa shape index (κ2) is 7.61. The molecular formula is C21H21N3O3. The van der Waals surface area contributed by atoms with Gasteiger partial charge in [0.15, 0.2) is 0 Å². The average Bonchev–Trinajstić information content (AvgIpc) is 3.22. The van der Waals surface area contributed by atoms with Crippen LogP contribution in [0.5, 0.6) is 0 Å². The first-order valence-electron chi connectivity index (χ1n) is 9.19. The Labute approximate surface area is 156 Å². The van der Waals surface area contributed by atoms with Crippen molar-refractivity contribution < 1.29 is 9.21 Å². The number of allylic oxidation sites excluding steroid dienone is 2. The standard InChI is InChI=1S/C21H21N3O3/c25-20-13-22-24(19-11-5-4-10-18(19)20)15-21(26)23(14-17-9-6-12-27-17)16-7-2-1-3-8-16/h4-7,9-13H,1-3,8,14-15H2. The van der Waals surface area contributed by atoms with E-state index in [0.29, 0.717) is 17.4 Å². The Morgan fingerprint density at radius 1 is 1.19 bits per heavy atom. The summed E-state index contributed by atoms with van der Waals surface area (Å²) in [6, 6.07) is 10.9. The number of fused-ring (bicyclic) bond motifs is 1. The van der Waals surface area contributed by atoms with Gasteiger partial charge in [0.25, 0.3) is 0 Å². The molecule has 0 aliphatic heterocycles. The van der Waals surface area contributed by atoms with E-state index in [2.05, 4.69) is 11.2 Å². The predicted molar refractivity (Wildman–Crippen MR) is 102 cm³/mol. The lowest BCUT2D eigenvalue weighted by Crippen LogP contribution is -2.34. The third-order valence-electron chi connectivity index (χ3n) is 4.86. The van der Waals surface area contributed by atoms with Crippen molar-refractivity contribution in [3.63, 3.8) is 0 Å². The number of benzene rings is 1. The Hall–Kier alpha value is -3.15. The summed E-state index contributed by atoms with van der Waals surface area (Å²) < 4.78 is 7.05. The van der Waals surface area contributed by atoms with Crippen LogP contribution in [-0.4, -0.2) is 20.6 Å². The fourth-order valence-electron chi connectivity index (χ4n) is 3.48. The zero-order valence-corrected chi connectivity index (χ0v) is 15.0. The molecular weight excluding hydrogens is 342 g/mol. The highest BCUT2D eigenvalue weighted by atomic mass is 16.3. The summed E-state index contributed by atoms with van der Waals surface area (Å²) in [4.78, 5) is 27.0. The second-order valence-electron chi connectivity index (χ2n) is 6.68. The van der Waals surface area contributed by atoms with Gasteiger partial charge >= 0.3 is 0 Å². The van der Waals surface area contributed by atoms with Crippen molar-refractivity contribution in [1.82, 2.24) is 14.7 Å². The first kappa shape index (κ1) is 17.3. The SMILES string of the molecule is O=C(Cn1ncc(=O)c2ccccc21)N(Cc1ccco1)C1=CCCCC1. The van der Waals surface area contributed by atoms with Crippen LogP contribution in [0.2, 0.25) is 0 Å².